The summed E-state index contributed by atoms with van der Waals surface area (Å²) in [6.07, 6.45) is 1.87. The van der Waals surface area contributed by atoms with Crippen LogP contribution in [0, 0.1) is 12.8 Å². The Labute approximate surface area is 138 Å². The minimum atomic E-state index is 0.128. The zero-order chi connectivity index (χ0) is 16.1. The summed E-state index contributed by atoms with van der Waals surface area (Å²) < 4.78 is 0. The van der Waals surface area contributed by atoms with E-state index in [2.05, 4.69) is 41.4 Å². The number of para-hydroxylation sites is 1. The van der Waals surface area contributed by atoms with E-state index in [4.69, 9.17) is 0 Å². The lowest BCUT2D eigenvalue weighted by molar-refractivity contribution is -0.121. The van der Waals surface area contributed by atoms with Crippen molar-refractivity contribution < 1.29 is 4.79 Å². The first-order valence-electron chi connectivity index (χ1n) is 8.35. The first kappa shape index (κ1) is 15.8. The van der Waals surface area contributed by atoms with Crippen LogP contribution in [0.3, 0.4) is 0 Å². The van der Waals surface area contributed by atoms with Gasteiger partial charge in [-0.3, -0.25) is 9.69 Å². The van der Waals surface area contributed by atoms with Gasteiger partial charge in [0.05, 0.1) is 0 Å². The maximum atomic E-state index is 12.4. The summed E-state index contributed by atoms with van der Waals surface area (Å²) in [5.41, 5.74) is 3.62. The molecule has 2 aromatic rings. The van der Waals surface area contributed by atoms with Gasteiger partial charge >= 0.3 is 0 Å². The van der Waals surface area contributed by atoms with E-state index in [0.29, 0.717) is 0 Å². The monoisotopic (exact) mass is 308 g/mol. The van der Waals surface area contributed by atoms with Gasteiger partial charge in [-0.05, 0) is 56.1 Å². The molecule has 0 spiro atoms. The molecule has 1 N–H and O–H groups in total. The summed E-state index contributed by atoms with van der Waals surface area (Å²) >= 11 is 0. The lowest BCUT2D eigenvalue weighted by atomic mass is 9.95. The molecule has 1 aliphatic rings. The van der Waals surface area contributed by atoms with E-state index in [0.717, 1.165) is 38.2 Å². The van der Waals surface area contributed by atoms with E-state index in [9.17, 15) is 4.79 Å². The highest BCUT2D eigenvalue weighted by Gasteiger charge is 2.25. The quantitative estimate of drug-likeness (QED) is 0.930. The van der Waals surface area contributed by atoms with Crippen molar-refractivity contribution in [2.24, 2.45) is 5.92 Å². The first-order valence-corrected chi connectivity index (χ1v) is 8.35. The lowest BCUT2D eigenvalue weighted by Crippen LogP contribution is -2.37. The highest BCUT2D eigenvalue weighted by atomic mass is 16.1. The Hall–Kier alpha value is -2.13. The second kappa shape index (κ2) is 7.42. The molecule has 0 saturated carbocycles. The van der Waals surface area contributed by atoms with Crippen LogP contribution in [-0.2, 0) is 11.3 Å². The Kier molecular flexibility index (Phi) is 5.09. The number of hydrogen-bond acceptors (Lipinski definition) is 2. The molecule has 23 heavy (non-hydrogen) atoms. The van der Waals surface area contributed by atoms with Crippen LogP contribution >= 0.6 is 0 Å². The van der Waals surface area contributed by atoms with E-state index >= 15 is 0 Å². The molecule has 3 heteroatoms. The van der Waals surface area contributed by atoms with Crippen LogP contribution < -0.4 is 5.32 Å². The number of amides is 1. The topological polar surface area (TPSA) is 32.3 Å². The van der Waals surface area contributed by atoms with Crippen molar-refractivity contribution in [2.45, 2.75) is 26.3 Å². The second-order valence-electron chi connectivity index (χ2n) is 6.33. The molecule has 120 valence electrons. The number of hydrogen-bond donors (Lipinski definition) is 1. The van der Waals surface area contributed by atoms with Crippen molar-refractivity contribution in [3.63, 3.8) is 0 Å². The van der Waals surface area contributed by atoms with E-state index in [1.807, 2.05) is 30.3 Å². The third-order valence-electron chi connectivity index (χ3n) is 4.65. The number of nitrogens with zero attached hydrogens (tertiary/aromatic N) is 1. The molecule has 0 unspecified atom stereocenters. The number of nitrogens with one attached hydrogen (secondary N) is 1. The molecular formula is C20H24N2O. The normalized spacial score (nSPS) is 16.2. The van der Waals surface area contributed by atoms with Crippen LogP contribution in [0.1, 0.15) is 24.0 Å². The first-order chi connectivity index (χ1) is 11.2. The molecule has 0 radical (unpaired) electrons. The average Bonchev–Trinajstić information content (AvgIpc) is 2.58. The molecule has 1 saturated heterocycles. The maximum Gasteiger partial charge on any atom is 0.227 e. The zero-order valence-electron chi connectivity index (χ0n) is 13.7. The molecule has 0 atom stereocenters. The number of anilines is 1. The van der Waals surface area contributed by atoms with Gasteiger partial charge in [0.15, 0.2) is 0 Å². The molecule has 1 aliphatic heterocycles. The number of benzene rings is 2. The molecule has 1 heterocycles. The number of piperidine rings is 1. The van der Waals surface area contributed by atoms with Gasteiger partial charge in [0.25, 0.3) is 0 Å². The van der Waals surface area contributed by atoms with E-state index in [1.54, 1.807) is 0 Å². The molecule has 0 bridgehead atoms. The van der Waals surface area contributed by atoms with Crippen LogP contribution in [0.15, 0.2) is 54.6 Å². The van der Waals surface area contributed by atoms with Crippen LogP contribution in [0.5, 0.6) is 0 Å². The number of carbonyl (C=O) groups is 1. The van der Waals surface area contributed by atoms with Crippen molar-refractivity contribution in [1.29, 1.82) is 0 Å². The van der Waals surface area contributed by atoms with Crippen molar-refractivity contribution >= 4 is 11.6 Å². The zero-order valence-corrected chi connectivity index (χ0v) is 13.7. The Morgan fingerprint density at radius 2 is 1.70 bits per heavy atom. The van der Waals surface area contributed by atoms with Gasteiger partial charge in [-0.1, -0.05) is 42.5 Å². The van der Waals surface area contributed by atoms with E-state index in [-0.39, 0.29) is 11.8 Å². The van der Waals surface area contributed by atoms with E-state index < -0.39 is 0 Å². The summed E-state index contributed by atoms with van der Waals surface area (Å²) in [4.78, 5) is 14.8. The highest BCUT2D eigenvalue weighted by Crippen LogP contribution is 2.21. The molecular weight excluding hydrogens is 284 g/mol. The smallest absolute Gasteiger partial charge is 0.227 e. The average molecular weight is 308 g/mol. The SMILES string of the molecule is Cc1ccccc1CN1CCC(C(=O)Nc2ccccc2)CC1. The summed E-state index contributed by atoms with van der Waals surface area (Å²) in [5, 5.41) is 3.03. The van der Waals surface area contributed by atoms with Crippen molar-refractivity contribution in [2.75, 3.05) is 18.4 Å². The molecule has 2 aromatic carbocycles. The van der Waals surface area contributed by atoms with Crippen LogP contribution in [-0.4, -0.2) is 23.9 Å². The minimum absolute atomic E-state index is 0.128. The van der Waals surface area contributed by atoms with Crippen LogP contribution in [0.2, 0.25) is 0 Å². The fraction of sp³-hybridized carbons (Fsp3) is 0.350. The largest absolute Gasteiger partial charge is 0.326 e. The van der Waals surface area contributed by atoms with Crippen LogP contribution in [0.4, 0.5) is 5.69 Å². The van der Waals surface area contributed by atoms with Crippen molar-refractivity contribution in [1.82, 2.24) is 4.90 Å². The predicted molar refractivity (Wildman–Crippen MR) is 94.3 cm³/mol. The summed E-state index contributed by atoms with van der Waals surface area (Å²) in [5.74, 6) is 0.287. The number of aryl methyl sites for hydroxylation is 1. The molecule has 3 rings (SSSR count). The van der Waals surface area contributed by atoms with Gasteiger partial charge in [0, 0.05) is 18.2 Å². The third kappa shape index (κ3) is 4.20. The van der Waals surface area contributed by atoms with Gasteiger partial charge in [-0.15, -0.1) is 0 Å². The molecule has 0 aliphatic carbocycles. The predicted octanol–water partition coefficient (Wildman–Crippen LogP) is 3.85. The van der Waals surface area contributed by atoms with Gasteiger partial charge in [0.1, 0.15) is 0 Å². The number of rotatable bonds is 4. The van der Waals surface area contributed by atoms with Crippen molar-refractivity contribution in [3.05, 3.63) is 65.7 Å². The van der Waals surface area contributed by atoms with Gasteiger partial charge in [0.2, 0.25) is 5.91 Å². The number of likely N-dealkylation sites (tertiary alicyclic amines) is 1. The number of carbonyl (C=O) groups excluding carboxylic acids is 1. The Morgan fingerprint density at radius 3 is 2.39 bits per heavy atom. The molecule has 1 amide bonds. The molecule has 3 nitrogen and oxygen atoms in total. The standard InChI is InChI=1S/C20H24N2O/c1-16-7-5-6-8-18(16)15-22-13-11-17(12-14-22)20(23)21-19-9-3-2-4-10-19/h2-10,17H,11-15H2,1H3,(H,21,23). The van der Waals surface area contributed by atoms with Crippen molar-refractivity contribution in [3.8, 4) is 0 Å². The van der Waals surface area contributed by atoms with Gasteiger partial charge < -0.3 is 5.32 Å². The Balaban J connectivity index is 1.50. The fourth-order valence-electron chi connectivity index (χ4n) is 3.15. The lowest BCUT2D eigenvalue weighted by Gasteiger charge is -2.31. The van der Waals surface area contributed by atoms with E-state index in [1.165, 1.54) is 11.1 Å². The molecule has 0 aromatic heterocycles. The maximum absolute atomic E-state index is 12.4. The van der Waals surface area contributed by atoms with Gasteiger partial charge in [-0.2, -0.15) is 0 Å². The highest BCUT2D eigenvalue weighted by molar-refractivity contribution is 5.92. The minimum Gasteiger partial charge on any atom is -0.326 e. The third-order valence-corrected chi connectivity index (χ3v) is 4.65. The van der Waals surface area contributed by atoms with Crippen LogP contribution in [0.25, 0.3) is 0 Å². The fourth-order valence-corrected chi connectivity index (χ4v) is 3.15. The summed E-state index contributed by atoms with van der Waals surface area (Å²) in [6.45, 7) is 5.12. The second-order valence-corrected chi connectivity index (χ2v) is 6.33. The summed E-state index contributed by atoms with van der Waals surface area (Å²) in [7, 11) is 0. The van der Waals surface area contributed by atoms with Gasteiger partial charge in [-0.25, -0.2) is 0 Å². The summed E-state index contributed by atoms with van der Waals surface area (Å²) in [6, 6.07) is 18.3. The molecule has 1 fully saturated rings. The Bertz CT molecular complexity index is 646. The Morgan fingerprint density at radius 1 is 1.04 bits per heavy atom.